The van der Waals surface area contributed by atoms with Crippen LogP contribution in [0.15, 0.2) is 36.4 Å². The topological polar surface area (TPSA) is 40.6 Å². The Kier molecular flexibility index (Phi) is 6.63. The van der Waals surface area contributed by atoms with Crippen LogP contribution >= 0.6 is 11.8 Å². The van der Waals surface area contributed by atoms with Gasteiger partial charge in [-0.15, -0.1) is 11.8 Å². The van der Waals surface area contributed by atoms with Crippen molar-refractivity contribution in [3.63, 3.8) is 0 Å². The van der Waals surface area contributed by atoms with Crippen molar-refractivity contribution in [1.82, 2.24) is 9.80 Å². The molecule has 2 aliphatic heterocycles. The third-order valence-corrected chi connectivity index (χ3v) is 8.35. The maximum Gasteiger partial charge on any atom is 0.246 e. The van der Waals surface area contributed by atoms with Crippen LogP contribution in [-0.2, 0) is 9.59 Å². The van der Waals surface area contributed by atoms with Gasteiger partial charge in [0.25, 0.3) is 0 Å². The molecule has 0 atom stereocenters. The molecule has 1 aliphatic carbocycles. The number of rotatable bonds is 5. The van der Waals surface area contributed by atoms with E-state index >= 15 is 0 Å². The van der Waals surface area contributed by atoms with Crippen molar-refractivity contribution in [1.29, 1.82) is 0 Å². The fraction of sp³-hybridized carbons (Fsp3) is 0.583. The van der Waals surface area contributed by atoms with Crippen LogP contribution in [0.4, 0.5) is 0 Å². The van der Waals surface area contributed by atoms with Crippen molar-refractivity contribution in [2.45, 2.75) is 56.2 Å². The monoisotopic (exact) mass is 412 g/mol. The summed E-state index contributed by atoms with van der Waals surface area (Å²) in [5, 5.41) is 0. The van der Waals surface area contributed by atoms with Gasteiger partial charge in [-0.05, 0) is 36.8 Å². The summed E-state index contributed by atoms with van der Waals surface area (Å²) in [6, 6.07) is 9.93. The molecule has 1 aromatic rings. The molecular formula is C24H32N2O2S. The van der Waals surface area contributed by atoms with E-state index in [0.717, 1.165) is 56.1 Å². The van der Waals surface area contributed by atoms with Gasteiger partial charge in [-0.1, -0.05) is 56.0 Å². The van der Waals surface area contributed by atoms with Crippen LogP contribution in [0.25, 0.3) is 6.08 Å². The second kappa shape index (κ2) is 9.38. The number of likely N-dealkylation sites (tertiary alicyclic amines) is 1. The third kappa shape index (κ3) is 4.88. The minimum atomic E-state index is -0.0767. The average molecular weight is 413 g/mol. The second-order valence-electron chi connectivity index (χ2n) is 8.60. The smallest absolute Gasteiger partial charge is 0.246 e. The highest BCUT2D eigenvalue weighted by Crippen LogP contribution is 2.44. The largest absolute Gasteiger partial charge is 0.339 e. The fourth-order valence-electron chi connectivity index (χ4n) is 5.05. The zero-order valence-corrected chi connectivity index (χ0v) is 18.0. The normalized spacial score (nSPS) is 22.1. The lowest BCUT2D eigenvalue weighted by molar-refractivity contribution is -0.136. The van der Waals surface area contributed by atoms with E-state index in [1.807, 2.05) is 53.1 Å². The molecule has 1 aromatic carbocycles. The summed E-state index contributed by atoms with van der Waals surface area (Å²) in [4.78, 5) is 29.6. The molecule has 3 aliphatic rings. The van der Waals surface area contributed by atoms with E-state index in [4.69, 9.17) is 0 Å². The van der Waals surface area contributed by atoms with Crippen LogP contribution in [0, 0.1) is 5.92 Å². The van der Waals surface area contributed by atoms with Gasteiger partial charge in [0, 0.05) is 37.9 Å². The Morgan fingerprint density at radius 3 is 2.52 bits per heavy atom. The second-order valence-corrected chi connectivity index (χ2v) is 10.1. The Labute approximate surface area is 178 Å². The molecule has 29 heavy (non-hydrogen) atoms. The Morgan fingerprint density at radius 2 is 1.79 bits per heavy atom. The number of carbonyl (C=O) groups is 2. The average Bonchev–Trinajstić information content (AvgIpc) is 3.42. The quantitative estimate of drug-likeness (QED) is 0.666. The number of benzene rings is 1. The zero-order chi connectivity index (χ0) is 20.1. The van der Waals surface area contributed by atoms with Gasteiger partial charge >= 0.3 is 0 Å². The first-order valence-electron chi connectivity index (χ1n) is 11.1. The SMILES string of the molecule is O=C(/C=C/c1ccccc1)N1CCC2(CC1)SCCN2C(=O)CCC1CCCC1. The number of hydrogen-bond acceptors (Lipinski definition) is 3. The van der Waals surface area contributed by atoms with Crippen molar-refractivity contribution in [2.75, 3.05) is 25.4 Å². The molecule has 2 amide bonds. The summed E-state index contributed by atoms with van der Waals surface area (Å²) >= 11 is 1.93. The molecule has 5 heteroatoms. The van der Waals surface area contributed by atoms with Crippen molar-refractivity contribution >= 4 is 29.7 Å². The van der Waals surface area contributed by atoms with Crippen molar-refractivity contribution in [2.24, 2.45) is 5.92 Å². The summed E-state index contributed by atoms with van der Waals surface area (Å²) in [7, 11) is 0. The Balaban J connectivity index is 1.30. The van der Waals surface area contributed by atoms with Crippen LogP contribution in [0.5, 0.6) is 0 Å². The predicted molar refractivity (Wildman–Crippen MR) is 119 cm³/mol. The van der Waals surface area contributed by atoms with Gasteiger partial charge in [0.15, 0.2) is 0 Å². The van der Waals surface area contributed by atoms with Gasteiger partial charge in [0.1, 0.15) is 0 Å². The van der Waals surface area contributed by atoms with Crippen LogP contribution in [-0.4, -0.2) is 51.9 Å². The summed E-state index contributed by atoms with van der Waals surface area (Å²) in [5.41, 5.74) is 1.04. The van der Waals surface area contributed by atoms with Gasteiger partial charge in [-0.25, -0.2) is 0 Å². The third-order valence-electron chi connectivity index (χ3n) is 6.79. The minimum Gasteiger partial charge on any atom is -0.339 e. The van der Waals surface area contributed by atoms with Gasteiger partial charge in [-0.3, -0.25) is 9.59 Å². The molecule has 156 valence electrons. The molecule has 0 unspecified atom stereocenters. The van der Waals surface area contributed by atoms with E-state index < -0.39 is 0 Å². The van der Waals surface area contributed by atoms with Gasteiger partial charge in [0.05, 0.1) is 4.87 Å². The number of hydrogen-bond donors (Lipinski definition) is 0. The van der Waals surface area contributed by atoms with E-state index in [2.05, 4.69) is 4.90 Å². The molecule has 4 rings (SSSR count). The number of thioether (sulfide) groups is 1. The maximum absolute atomic E-state index is 13.0. The lowest BCUT2D eigenvalue weighted by Crippen LogP contribution is -2.53. The lowest BCUT2D eigenvalue weighted by atomic mass is 9.98. The molecule has 1 spiro atoms. The Hall–Kier alpha value is -1.75. The Morgan fingerprint density at radius 1 is 1.07 bits per heavy atom. The first-order chi connectivity index (χ1) is 14.2. The predicted octanol–water partition coefficient (Wildman–Crippen LogP) is 4.56. The fourth-order valence-corrected chi connectivity index (χ4v) is 6.52. The molecule has 0 aromatic heterocycles. The van der Waals surface area contributed by atoms with Crippen molar-refractivity contribution < 1.29 is 9.59 Å². The number of carbonyl (C=O) groups excluding carboxylic acids is 2. The number of piperidine rings is 1. The molecule has 4 nitrogen and oxygen atoms in total. The van der Waals surface area contributed by atoms with Crippen LogP contribution in [0.1, 0.15) is 56.9 Å². The maximum atomic E-state index is 13.0. The van der Waals surface area contributed by atoms with Crippen molar-refractivity contribution in [3.8, 4) is 0 Å². The summed E-state index contributed by atoms with van der Waals surface area (Å²) in [6.45, 7) is 2.34. The van der Waals surface area contributed by atoms with Crippen LogP contribution in [0.3, 0.4) is 0 Å². The zero-order valence-electron chi connectivity index (χ0n) is 17.2. The molecule has 2 heterocycles. The van der Waals surface area contributed by atoms with Crippen LogP contribution < -0.4 is 0 Å². The first kappa shape index (κ1) is 20.5. The van der Waals surface area contributed by atoms with E-state index in [9.17, 15) is 9.59 Å². The lowest BCUT2D eigenvalue weighted by Gasteiger charge is -2.44. The van der Waals surface area contributed by atoms with E-state index in [1.165, 1.54) is 25.7 Å². The summed E-state index contributed by atoms with van der Waals surface area (Å²) in [6.07, 6.45) is 12.4. The Bertz CT molecular complexity index is 735. The van der Waals surface area contributed by atoms with E-state index in [0.29, 0.717) is 12.3 Å². The minimum absolute atomic E-state index is 0.0748. The van der Waals surface area contributed by atoms with Gasteiger partial charge in [-0.2, -0.15) is 0 Å². The van der Waals surface area contributed by atoms with Gasteiger partial charge < -0.3 is 9.80 Å². The standard InChI is InChI=1S/C24H32N2O2S/c27-22(12-10-20-6-2-1-3-7-20)25-16-14-24(15-17-25)26(18-19-29-24)23(28)13-11-21-8-4-5-9-21/h1-3,6-7,10,12,21H,4-5,8-9,11,13-19H2/b12-10+. The number of nitrogens with zero attached hydrogens (tertiary/aromatic N) is 2. The van der Waals surface area contributed by atoms with E-state index in [1.54, 1.807) is 6.08 Å². The summed E-state index contributed by atoms with van der Waals surface area (Å²) < 4.78 is 0. The molecular weight excluding hydrogens is 380 g/mol. The highest BCUT2D eigenvalue weighted by molar-refractivity contribution is 8.00. The first-order valence-corrected chi connectivity index (χ1v) is 12.1. The van der Waals surface area contributed by atoms with Crippen LogP contribution in [0.2, 0.25) is 0 Å². The summed E-state index contributed by atoms with van der Waals surface area (Å²) in [5.74, 6) is 2.20. The molecule has 0 bridgehead atoms. The highest BCUT2D eigenvalue weighted by atomic mass is 32.2. The molecule has 3 fully saturated rings. The molecule has 1 saturated carbocycles. The van der Waals surface area contributed by atoms with Crippen molar-refractivity contribution in [3.05, 3.63) is 42.0 Å². The molecule has 0 N–H and O–H groups in total. The molecule has 0 radical (unpaired) electrons. The number of amides is 2. The molecule has 2 saturated heterocycles. The van der Waals surface area contributed by atoms with Gasteiger partial charge in [0.2, 0.25) is 11.8 Å². The van der Waals surface area contributed by atoms with E-state index in [-0.39, 0.29) is 10.8 Å². The highest BCUT2D eigenvalue weighted by Gasteiger charge is 2.46.